The van der Waals surface area contributed by atoms with Crippen molar-refractivity contribution in [1.82, 2.24) is 0 Å². The highest BCUT2D eigenvalue weighted by Gasteiger charge is 2.12. The minimum absolute atomic E-state index is 0.0137. The Balaban J connectivity index is 2.79. The van der Waals surface area contributed by atoms with Crippen LogP contribution >= 0.6 is 0 Å². The summed E-state index contributed by atoms with van der Waals surface area (Å²) in [5, 5.41) is 22.8. The number of aliphatic hydroxyl groups excluding tert-OH is 1. The SMILES string of the molecule is COCC(CCO)Nc1ccc([N+](=O)[O-])cc1C. The number of hydrogen-bond donors (Lipinski definition) is 2. The lowest BCUT2D eigenvalue weighted by Gasteiger charge is -2.19. The fourth-order valence-corrected chi connectivity index (χ4v) is 1.70. The Morgan fingerprint density at radius 1 is 1.56 bits per heavy atom. The molecule has 18 heavy (non-hydrogen) atoms. The molecule has 0 aromatic heterocycles. The van der Waals surface area contributed by atoms with Gasteiger partial charge in [0.05, 0.1) is 17.6 Å². The highest BCUT2D eigenvalue weighted by atomic mass is 16.6. The van der Waals surface area contributed by atoms with Crippen molar-refractivity contribution >= 4 is 11.4 Å². The third-order valence-corrected chi connectivity index (χ3v) is 2.63. The van der Waals surface area contributed by atoms with Gasteiger partial charge in [0, 0.05) is 31.5 Å². The van der Waals surface area contributed by atoms with Crippen LogP contribution in [0.5, 0.6) is 0 Å². The van der Waals surface area contributed by atoms with Crippen molar-refractivity contribution in [1.29, 1.82) is 0 Å². The maximum atomic E-state index is 10.6. The number of benzene rings is 1. The lowest BCUT2D eigenvalue weighted by atomic mass is 10.1. The monoisotopic (exact) mass is 254 g/mol. The van der Waals surface area contributed by atoms with Gasteiger partial charge in [0.25, 0.3) is 5.69 Å². The van der Waals surface area contributed by atoms with E-state index in [1.807, 2.05) is 0 Å². The second-order valence-electron chi connectivity index (χ2n) is 4.07. The first kappa shape index (κ1) is 14.4. The van der Waals surface area contributed by atoms with Crippen LogP contribution in [0.4, 0.5) is 11.4 Å². The first-order valence-electron chi connectivity index (χ1n) is 5.70. The molecule has 0 aliphatic heterocycles. The average molecular weight is 254 g/mol. The van der Waals surface area contributed by atoms with E-state index in [-0.39, 0.29) is 18.3 Å². The van der Waals surface area contributed by atoms with Gasteiger partial charge in [-0.3, -0.25) is 10.1 Å². The van der Waals surface area contributed by atoms with Gasteiger partial charge in [0.15, 0.2) is 0 Å². The summed E-state index contributed by atoms with van der Waals surface area (Å²) in [6.45, 7) is 2.34. The van der Waals surface area contributed by atoms with E-state index in [0.717, 1.165) is 11.3 Å². The van der Waals surface area contributed by atoms with Crippen molar-refractivity contribution in [3.8, 4) is 0 Å². The number of rotatable bonds is 7. The Morgan fingerprint density at radius 2 is 2.28 bits per heavy atom. The number of aliphatic hydroxyl groups is 1. The molecule has 0 saturated carbocycles. The molecular weight excluding hydrogens is 236 g/mol. The van der Waals surface area contributed by atoms with Gasteiger partial charge in [-0.05, 0) is 25.0 Å². The van der Waals surface area contributed by atoms with Gasteiger partial charge < -0.3 is 15.2 Å². The molecule has 1 rings (SSSR count). The molecule has 0 fully saturated rings. The van der Waals surface area contributed by atoms with Crippen LogP contribution in [0, 0.1) is 17.0 Å². The molecular formula is C12H18N2O4. The number of nitrogens with zero attached hydrogens (tertiary/aromatic N) is 1. The quantitative estimate of drug-likeness (QED) is 0.571. The van der Waals surface area contributed by atoms with E-state index in [1.165, 1.54) is 12.1 Å². The van der Waals surface area contributed by atoms with E-state index >= 15 is 0 Å². The normalized spacial score (nSPS) is 12.2. The lowest BCUT2D eigenvalue weighted by molar-refractivity contribution is -0.384. The Bertz CT molecular complexity index is 403. The van der Waals surface area contributed by atoms with Gasteiger partial charge in [0.1, 0.15) is 0 Å². The van der Waals surface area contributed by atoms with E-state index in [0.29, 0.717) is 13.0 Å². The van der Waals surface area contributed by atoms with Crippen molar-refractivity contribution in [3.63, 3.8) is 0 Å². The fraction of sp³-hybridized carbons (Fsp3) is 0.500. The van der Waals surface area contributed by atoms with Crippen LogP contribution in [0.25, 0.3) is 0 Å². The lowest BCUT2D eigenvalue weighted by Crippen LogP contribution is -2.26. The second-order valence-corrected chi connectivity index (χ2v) is 4.07. The van der Waals surface area contributed by atoms with Crippen molar-refractivity contribution < 1.29 is 14.8 Å². The maximum absolute atomic E-state index is 10.6. The first-order valence-corrected chi connectivity index (χ1v) is 5.70. The summed E-state index contributed by atoms with van der Waals surface area (Å²) in [5.41, 5.74) is 1.68. The molecule has 0 aliphatic rings. The number of non-ortho nitro benzene ring substituents is 1. The smallest absolute Gasteiger partial charge is 0.269 e. The van der Waals surface area contributed by atoms with Gasteiger partial charge in [-0.1, -0.05) is 0 Å². The van der Waals surface area contributed by atoms with E-state index < -0.39 is 4.92 Å². The predicted octanol–water partition coefficient (Wildman–Crippen LogP) is 1.71. The summed E-state index contributed by atoms with van der Waals surface area (Å²) in [7, 11) is 1.59. The molecule has 6 heteroatoms. The van der Waals surface area contributed by atoms with Crippen molar-refractivity contribution in [2.24, 2.45) is 0 Å². The Hall–Kier alpha value is -1.66. The molecule has 0 aliphatic carbocycles. The fourth-order valence-electron chi connectivity index (χ4n) is 1.70. The Labute approximate surface area is 106 Å². The highest BCUT2D eigenvalue weighted by molar-refractivity contribution is 5.55. The van der Waals surface area contributed by atoms with E-state index in [9.17, 15) is 10.1 Å². The molecule has 100 valence electrons. The number of nitro groups is 1. The van der Waals surface area contributed by atoms with Crippen LogP contribution in [-0.2, 0) is 4.74 Å². The molecule has 0 bridgehead atoms. The molecule has 1 unspecified atom stereocenters. The van der Waals surface area contributed by atoms with Crippen LogP contribution in [0.3, 0.4) is 0 Å². The third kappa shape index (κ3) is 3.97. The van der Waals surface area contributed by atoms with Gasteiger partial charge in [-0.15, -0.1) is 0 Å². The molecule has 0 saturated heterocycles. The molecule has 1 aromatic carbocycles. The zero-order valence-electron chi connectivity index (χ0n) is 10.5. The summed E-state index contributed by atoms with van der Waals surface area (Å²) < 4.78 is 5.05. The maximum Gasteiger partial charge on any atom is 0.269 e. The number of ether oxygens (including phenoxy) is 1. The first-order chi connectivity index (χ1) is 8.58. The number of methoxy groups -OCH3 is 1. The molecule has 0 heterocycles. The summed E-state index contributed by atoms with van der Waals surface area (Å²) in [6.07, 6.45) is 0.560. The minimum Gasteiger partial charge on any atom is -0.396 e. The number of nitrogens with one attached hydrogen (secondary N) is 1. The molecule has 0 amide bonds. The second kappa shape index (κ2) is 6.93. The van der Waals surface area contributed by atoms with Crippen LogP contribution in [0.15, 0.2) is 18.2 Å². The topological polar surface area (TPSA) is 84.6 Å². The molecule has 2 N–H and O–H groups in total. The molecule has 0 spiro atoms. The highest BCUT2D eigenvalue weighted by Crippen LogP contribution is 2.22. The van der Waals surface area contributed by atoms with Crippen LogP contribution in [0.2, 0.25) is 0 Å². The number of aryl methyl sites for hydroxylation is 1. The van der Waals surface area contributed by atoms with Gasteiger partial charge in [-0.2, -0.15) is 0 Å². The van der Waals surface area contributed by atoms with Gasteiger partial charge >= 0.3 is 0 Å². The summed E-state index contributed by atoms with van der Waals surface area (Å²) in [4.78, 5) is 10.2. The van der Waals surface area contributed by atoms with E-state index in [1.54, 1.807) is 20.1 Å². The van der Waals surface area contributed by atoms with Crippen LogP contribution in [-0.4, -0.2) is 36.4 Å². The Kier molecular flexibility index (Phi) is 5.54. The van der Waals surface area contributed by atoms with Crippen molar-refractivity contribution in [3.05, 3.63) is 33.9 Å². The van der Waals surface area contributed by atoms with Gasteiger partial charge in [-0.25, -0.2) is 0 Å². The predicted molar refractivity (Wildman–Crippen MR) is 68.8 cm³/mol. The zero-order chi connectivity index (χ0) is 13.5. The third-order valence-electron chi connectivity index (χ3n) is 2.63. The molecule has 1 atom stereocenters. The molecule has 6 nitrogen and oxygen atoms in total. The summed E-state index contributed by atoms with van der Waals surface area (Å²) >= 11 is 0. The van der Waals surface area contributed by atoms with Crippen LogP contribution < -0.4 is 5.32 Å². The largest absolute Gasteiger partial charge is 0.396 e. The molecule has 0 radical (unpaired) electrons. The summed E-state index contributed by atoms with van der Waals surface area (Å²) in [5.74, 6) is 0. The number of nitro benzene ring substituents is 1. The van der Waals surface area contributed by atoms with Gasteiger partial charge in [0.2, 0.25) is 0 Å². The number of hydrogen-bond acceptors (Lipinski definition) is 5. The van der Waals surface area contributed by atoms with Crippen molar-refractivity contribution in [2.75, 3.05) is 25.6 Å². The minimum atomic E-state index is -0.420. The van der Waals surface area contributed by atoms with E-state index in [4.69, 9.17) is 9.84 Å². The summed E-state index contributed by atoms with van der Waals surface area (Å²) in [6, 6.07) is 4.64. The standard InChI is InChI=1S/C12H18N2O4/c1-9-7-11(14(16)17)3-4-12(9)13-10(5-6-15)8-18-2/h3-4,7,10,13,15H,5-6,8H2,1-2H3. The number of anilines is 1. The average Bonchev–Trinajstić information content (AvgIpc) is 2.32. The molecule has 1 aromatic rings. The van der Waals surface area contributed by atoms with Crippen molar-refractivity contribution in [2.45, 2.75) is 19.4 Å². The Morgan fingerprint density at radius 3 is 2.78 bits per heavy atom. The van der Waals surface area contributed by atoms with E-state index in [2.05, 4.69) is 5.32 Å². The van der Waals surface area contributed by atoms with Crippen LogP contribution in [0.1, 0.15) is 12.0 Å². The zero-order valence-corrected chi connectivity index (χ0v) is 10.5.